The summed E-state index contributed by atoms with van der Waals surface area (Å²) in [6.07, 6.45) is 2.96. The molecule has 2 aromatic carbocycles. The van der Waals surface area contributed by atoms with Crippen molar-refractivity contribution in [1.29, 1.82) is 0 Å². The second-order valence-corrected chi connectivity index (χ2v) is 7.35. The van der Waals surface area contributed by atoms with E-state index >= 15 is 0 Å². The lowest BCUT2D eigenvalue weighted by molar-refractivity contribution is 0.373. The monoisotopic (exact) mass is 484 g/mol. The Bertz CT molecular complexity index is 1300. The fourth-order valence-corrected chi connectivity index (χ4v) is 3.23. The molecule has 0 fully saturated rings. The highest BCUT2D eigenvalue weighted by molar-refractivity contribution is 5.86. The van der Waals surface area contributed by atoms with E-state index in [0.717, 1.165) is 0 Å². The number of pyridine rings is 2. The van der Waals surface area contributed by atoms with Crippen LogP contribution in [0.2, 0.25) is 0 Å². The number of benzene rings is 2. The molecule has 0 amide bonds. The average Bonchev–Trinajstić information content (AvgIpc) is 2.91. The van der Waals surface area contributed by atoms with E-state index < -0.39 is 0 Å². The minimum Gasteiger partial charge on any atom is -0.504 e. The van der Waals surface area contributed by atoms with Crippen LogP contribution in [0.1, 0.15) is 11.1 Å². The summed E-state index contributed by atoms with van der Waals surface area (Å²) in [5.41, 5.74) is 7.96. The molecule has 10 nitrogen and oxygen atoms in total. The van der Waals surface area contributed by atoms with Gasteiger partial charge in [0.05, 0.1) is 38.0 Å². The number of nitrogens with zero attached hydrogens (tertiary/aromatic N) is 4. The molecule has 0 aliphatic carbocycles. The number of methoxy groups -OCH3 is 2. The summed E-state index contributed by atoms with van der Waals surface area (Å²) >= 11 is 0. The van der Waals surface area contributed by atoms with Crippen LogP contribution in [0.5, 0.6) is 23.0 Å². The summed E-state index contributed by atoms with van der Waals surface area (Å²) in [5.74, 6) is 1.73. The molecule has 0 aliphatic rings. The number of phenolic OH excluding ortho intramolecular Hbond substituents is 2. The quantitative estimate of drug-likeness (QED) is 0.202. The largest absolute Gasteiger partial charge is 0.504 e. The number of hydrogen-bond acceptors (Lipinski definition) is 10. The van der Waals surface area contributed by atoms with Crippen molar-refractivity contribution in [2.45, 2.75) is 0 Å². The van der Waals surface area contributed by atoms with Crippen molar-refractivity contribution in [2.75, 3.05) is 25.1 Å². The molecule has 4 rings (SSSR count). The topological polar surface area (TPSA) is 133 Å². The van der Waals surface area contributed by atoms with Crippen LogP contribution in [0.3, 0.4) is 0 Å². The number of nitrogens with one attached hydrogen (secondary N) is 2. The van der Waals surface area contributed by atoms with Gasteiger partial charge in [-0.3, -0.25) is 10.9 Å². The van der Waals surface area contributed by atoms with Crippen LogP contribution in [0.15, 0.2) is 83.0 Å². The summed E-state index contributed by atoms with van der Waals surface area (Å²) in [4.78, 5) is 9.08. The third kappa shape index (κ3) is 5.68. The van der Waals surface area contributed by atoms with Crippen molar-refractivity contribution >= 4 is 24.1 Å². The number of hydrogen-bond donors (Lipinski definition) is 4. The molecular formula is C26H24N6O4. The molecule has 182 valence electrons. The van der Waals surface area contributed by atoms with Gasteiger partial charge in [0.1, 0.15) is 11.6 Å². The van der Waals surface area contributed by atoms with Gasteiger partial charge in [-0.1, -0.05) is 24.3 Å². The molecule has 0 aliphatic heterocycles. The maximum Gasteiger partial charge on any atom is 0.166 e. The zero-order valence-corrected chi connectivity index (χ0v) is 19.6. The summed E-state index contributed by atoms with van der Waals surface area (Å²) in [5, 5.41) is 28.6. The van der Waals surface area contributed by atoms with Gasteiger partial charge in [0.2, 0.25) is 0 Å². The Morgan fingerprint density at radius 3 is 1.47 bits per heavy atom. The van der Waals surface area contributed by atoms with E-state index in [4.69, 9.17) is 9.47 Å². The number of phenols is 2. The van der Waals surface area contributed by atoms with Crippen molar-refractivity contribution in [2.24, 2.45) is 10.2 Å². The Morgan fingerprint density at radius 2 is 1.06 bits per heavy atom. The van der Waals surface area contributed by atoms with Crippen LogP contribution >= 0.6 is 0 Å². The lowest BCUT2D eigenvalue weighted by Crippen LogP contribution is -1.98. The maximum absolute atomic E-state index is 10.2. The molecule has 2 aromatic heterocycles. The first-order chi connectivity index (χ1) is 17.6. The van der Waals surface area contributed by atoms with Crippen molar-refractivity contribution in [3.8, 4) is 34.4 Å². The second kappa shape index (κ2) is 11.3. The molecule has 2 heterocycles. The molecule has 4 N–H and O–H groups in total. The molecule has 0 saturated heterocycles. The Kier molecular flexibility index (Phi) is 7.57. The Morgan fingerprint density at radius 1 is 0.639 bits per heavy atom. The standard InChI is InChI=1S/C26H24N6O4/c1-35-21-11-3-7-17(25(21)33)15-27-31-23-13-5-9-19(29-23)20-10-6-14-24(30-20)32-28-16-18-8-4-12-22(36-2)26(18)34/h3-16,33-34H,1-2H3,(H,29,31)(H,30,32)/b27-15+,28-16+. The second-order valence-electron chi connectivity index (χ2n) is 7.35. The van der Waals surface area contributed by atoms with E-state index in [9.17, 15) is 10.2 Å². The number of ether oxygens (including phenoxy) is 2. The first kappa shape index (κ1) is 24.0. The third-order valence-electron chi connectivity index (χ3n) is 5.03. The summed E-state index contributed by atoms with van der Waals surface area (Å²) in [6, 6.07) is 21.1. The van der Waals surface area contributed by atoms with E-state index in [-0.39, 0.29) is 11.5 Å². The van der Waals surface area contributed by atoms with Gasteiger partial charge in [-0.05, 0) is 48.5 Å². The molecule has 0 bridgehead atoms. The van der Waals surface area contributed by atoms with Crippen molar-refractivity contribution in [3.63, 3.8) is 0 Å². The number of rotatable bonds is 9. The predicted octanol–water partition coefficient (Wildman–Crippen LogP) is 4.46. The third-order valence-corrected chi connectivity index (χ3v) is 5.03. The highest BCUT2D eigenvalue weighted by atomic mass is 16.5. The first-order valence-corrected chi connectivity index (χ1v) is 10.8. The highest BCUT2D eigenvalue weighted by Crippen LogP contribution is 2.29. The van der Waals surface area contributed by atoms with Gasteiger partial charge in [-0.2, -0.15) is 10.2 Å². The fraction of sp³-hybridized carbons (Fsp3) is 0.0769. The molecule has 0 saturated carbocycles. The molecule has 36 heavy (non-hydrogen) atoms. The van der Waals surface area contributed by atoms with Crippen LogP contribution in [0, 0.1) is 0 Å². The molecule has 10 heteroatoms. The fourth-order valence-electron chi connectivity index (χ4n) is 3.23. The Balaban J connectivity index is 1.45. The van der Waals surface area contributed by atoms with Crippen LogP contribution in [0.25, 0.3) is 11.4 Å². The lowest BCUT2D eigenvalue weighted by atomic mass is 10.2. The van der Waals surface area contributed by atoms with Gasteiger partial charge in [0, 0.05) is 11.1 Å². The smallest absolute Gasteiger partial charge is 0.166 e. The number of anilines is 2. The summed E-state index contributed by atoms with van der Waals surface area (Å²) in [6.45, 7) is 0. The van der Waals surface area contributed by atoms with E-state index in [1.807, 2.05) is 24.3 Å². The predicted molar refractivity (Wildman–Crippen MR) is 139 cm³/mol. The normalized spacial score (nSPS) is 11.1. The van der Waals surface area contributed by atoms with Gasteiger partial charge >= 0.3 is 0 Å². The molecule has 0 atom stereocenters. The zero-order valence-electron chi connectivity index (χ0n) is 19.6. The molecule has 0 unspecified atom stereocenters. The number of para-hydroxylation sites is 2. The average molecular weight is 485 g/mol. The van der Waals surface area contributed by atoms with Crippen molar-refractivity contribution in [3.05, 3.63) is 83.9 Å². The first-order valence-electron chi connectivity index (χ1n) is 10.8. The van der Waals surface area contributed by atoms with Gasteiger partial charge < -0.3 is 19.7 Å². The summed E-state index contributed by atoms with van der Waals surface area (Å²) < 4.78 is 10.2. The minimum atomic E-state index is 0.00467. The molecule has 4 aromatic rings. The van der Waals surface area contributed by atoms with Crippen LogP contribution in [-0.4, -0.2) is 46.8 Å². The Hall–Kier alpha value is -5.12. The maximum atomic E-state index is 10.2. The van der Waals surface area contributed by atoms with Gasteiger partial charge in [0.15, 0.2) is 23.0 Å². The lowest BCUT2D eigenvalue weighted by Gasteiger charge is -2.07. The highest BCUT2D eigenvalue weighted by Gasteiger charge is 2.07. The van der Waals surface area contributed by atoms with Crippen molar-refractivity contribution in [1.82, 2.24) is 9.97 Å². The van der Waals surface area contributed by atoms with Crippen LogP contribution in [0.4, 0.5) is 11.6 Å². The molecule has 0 radical (unpaired) electrons. The van der Waals surface area contributed by atoms with Crippen LogP contribution in [-0.2, 0) is 0 Å². The molecule has 0 spiro atoms. The number of aromatic hydroxyl groups is 2. The number of aromatic nitrogens is 2. The minimum absolute atomic E-state index is 0.00467. The van der Waals surface area contributed by atoms with Gasteiger partial charge in [0.25, 0.3) is 0 Å². The Labute approximate surface area is 207 Å². The SMILES string of the molecule is COc1cccc(/C=N/Nc2cccc(-c3cccc(N/N=C/c4cccc(OC)c4O)n3)n2)c1O. The van der Waals surface area contributed by atoms with E-state index in [2.05, 4.69) is 31.0 Å². The van der Waals surface area contributed by atoms with E-state index in [0.29, 0.717) is 45.6 Å². The van der Waals surface area contributed by atoms with Crippen LogP contribution < -0.4 is 20.3 Å². The van der Waals surface area contributed by atoms with E-state index in [1.165, 1.54) is 26.6 Å². The van der Waals surface area contributed by atoms with Crippen molar-refractivity contribution < 1.29 is 19.7 Å². The molecular weight excluding hydrogens is 460 g/mol. The summed E-state index contributed by atoms with van der Waals surface area (Å²) in [7, 11) is 2.97. The van der Waals surface area contributed by atoms with Gasteiger partial charge in [-0.15, -0.1) is 0 Å². The zero-order chi connectivity index (χ0) is 25.3. The number of hydrazone groups is 2. The van der Waals surface area contributed by atoms with E-state index in [1.54, 1.807) is 48.5 Å². The van der Waals surface area contributed by atoms with Gasteiger partial charge in [-0.25, -0.2) is 9.97 Å².